The molecule has 0 aliphatic heterocycles. The van der Waals surface area contributed by atoms with Crippen molar-refractivity contribution in [1.82, 2.24) is 0 Å². The molecular weight excluding hydrogens is 156 g/mol. The van der Waals surface area contributed by atoms with Gasteiger partial charge in [0.25, 0.3) is 0 Å². The number of hydrogen-bond acceptors (Lipinski definition) is 0. The highest BCUT2D eigenvalue weighted by Crippen LogP contribution is 2.20. The van der Waals surface area contributed by atoms with Crippen molar-refractivity contribution in [2.24, 2.45) is 0 Å². The van der Waals surface area contributed by atoms with Crippen molar-refractivity contribution in [2.45, 2.75) is 6.92 Å². The summed E-state index contributed by atoms with van der Waals surface area (Å²) in [7, 11) is 0. The fourth-order valence-corrected chi connectivity index (χ4v) is 1.22. The Kier molecular flexibility index (Phi) is 3.27. The molecule has 0 spiro atoms. The molecule has 1 rings (SSSR count). The van der Waals surface area contributed by atoms with E-state index in [4.69, 9.17) is 0 Å². The van der Waals surface area contributed by atoms with Gasteiger partial charge in [-0.2, -0.15) is 0 Å². The van der Waals surface area contributed by atoms with E-state index >= 15 is 0 Å². The molecule has 0 bridgehead atoms. The molecule has 0 aliphatic carbocycles. The van der Waals surface area contributed by atoms with Gasteiger partial charge in [0, 0.05) is 0 Å². The van der Waals surface area contributed by atoms with Crippen LogP contribution in [-0.2, 0) is 0 Å². The third-order valence-corrected chi connectivity index (χ3v) is 1.83. The molecule has 0 fully saturated rings. The van der Waals surface area contributed by atoms with Crippen LogP contribution in [0, 0.1) is 0 Å². The van der Waals surface area contributed by atoms with Gasteiger partial charge in [0.15, 0.2) is 0 Å². The van der Waals surface area contributed by atoms with Gasteiger partial charge in [-0.3, -0.25) is 0 Å². The van der Waals surface area contributed by atoms with E-state index in [0.717, 1.165) is 11.1 Å². The van der Waals surface area contributed by atoms with E-state index < -0.39 is 0 Å². The Morgan fingerprint density at radius 2 is 1.85 bits per heavy atom. The lowest BCUT2D eigenvalue weighted by Gasteiger charge is -2.05. The van der Waals surface area contributed by atoms with E-state index in [1.54, 1.807) is 6.08 Å². The Morgan fingerprint density at radius 1 is 1.23 bits per heavy atom. The molecule has 0 unspecified atom stereocenters. The zero-order chi connectivity index (χ0) is 9.68. The molecule has 0 heteroatoms. The molecule has 0 heterocycles. The Morgan fingerprint density at radius 3 is 2.31 bits per heavy atom. The molecule has 0 N–H and O–H groups in total. The first-order valence-electron chi connectivity index (χ1n) is 4.29. The first kappa shape index (κ1) is 9.53. The highest BCUT2D eigenvalue weighted by atomic mass is 14.0. The zero-order valence-corrected chi connectivity index (χ0v) is 7.96. The van der Waals surface area contributed by atoms with Crippen LogP contribution in [0.15, 0.2) is 61.2 Å². The lowest BCUT2D eigenvalue weighted by Crippen LogP contribution is -1.83. The number of hydrogen-bond donors (Lipinski definition) is 0. The van der Waals surface area contributed by atoms with Crippen LogP contribution < -0.4 is 0 Å². The lowest BCUT2D eigenvalue weighted by atomic mass is 10.00. The predicted molar refractivity (Wildman–Crippen MR) is 59.4 cm³/mol. The van der Waals surface area contributed by atoms with Gasteiger partial charge in [-0.15, -0.1) is 0 Å². The Bertz CT molecular complexity index is 328. The summed E-state index contributed by atoms with van der Waals surface area (Å²) in [5, 5.41) is 0. The van der Waals surface area contributed by atoms with E-state index in [2.05, 4.69) is 25.3 Å². The second-order valence-corrected chi connectivity index (χ2v) is 2.96. The van der Waals surface area contributed by atoms with Crippen LogP contribution in [0.5, 0.6) is 0 Å². The van der Waals surface area contributed by atoms with E-state index in [1.807, 2.05) is 31.2 Å². The molecule has 13 heavy (non-hydrogen) atoms. The van der Waals surface area contributed by atoms with Gasteiger partial charge in [0.1, 0.15) is 0 Å². The fourth-order valence-electron chi connectivity index (χ4n) is 1.22. The largest absolute Gasteiger partial charge is 0.0990 e. The van der Waals surface area contributed by atoms with Gasteiger partial charge in [-0.25, -0.2) is 0 Å². The van der Waals surface area contributed by atoms with Gasteiger partial charge in [-0.1, -0.05) is 61.2 Å². The highest BCUT2D eigenvalue weighted by molar-refractivity contribution is 5.78. The van der Waals surface area contributed by atoms with Crippen LogP contribution >= 0.6 is 0 Å². The quantitative estimate of drug-likeness (QED) is 0.605. The van der Waals surface area contributed by atoms with Crippen molar-refractivity contribution in [3.05, 3.63) is 66.8 Å². The molecule has 0 nitrogen and oxygen atoms in total. The second kappa shape index (κ2) is 4.46. The summed E-state index contributed by atoms with van der Waals surface area (Å²) in [4.78, 5) is 0. The molecule has 0 saturated carbocycles. The summed E-state index contributed by atoms with van der Waals surface area (Å²) in [5.41, 5.74) is 3.40. The molecule has 0 aromatic heterocycles. The summed E-state index contributed by atoms with van der Waals surface area (Å²) in [6.07, 6.45) is 3.77. The monoisotopic (exact) mass is 170 g/mol. The number of allylic oxidation sites excluding steroid dienone is 4. The van der Waals surface area contributed by atoms with E-state index in [0.29, 0.717) is 0 Å². The molecular formula is C13H14. The molecule has 0 amide bonds. The van der Waals surface area contributed by atoms with Crippen LogP contribution in [-0.4, -0.2) is 0 Å². The summed E-state index contributed by atoms with van der Waals surface area (Å²) >= 11 is 0. The van der Waals surface area contributed by atoms with E-state index in [1.165, 1.54) is 5.56 Å². The molecule has 0 atom stereocenters. The summed E-state index contributed by atoms with van der Waals surface area (Å²) < 4.78 is 0. The first-order chi connectivity index (χ1) is 6.25. The van der Waals surface area contributed by atoms with Crippen molar-refractivity contribution in [2.75, 3.05) is 0 Å². The van der Waals surface area contributed by atoms with E-state index in [9.17, 15) is 0 Å². The van der Waals surface area contributed by atoms with Crippen LogP contribution in [0.1, 0.15) is 12.5 Å². The standard InChI is InChI=1S/C13H14/c1-4-8-13(11(2)3)12-9-6-5-7-10-12/h4-10H,1-2H2,3H3/b13-8+. The maximum absolute atomic E-state index is 3.93. The van der Waals surface area contributed by atoms with Crippen molar-refractivity contribution in [3.8, 4) is 0 Å². The van der Waals surface area contributed by atoms with Crippen LogP contribution in [0.2, 0.25) is 0 Å². The Balaban J connectivity index is 3.10. The average molecular weight is 170 g/mol. The SMILES string of the molecule is C=C/C=C(\C(=C)C)c1ccccc1. The maximum atomic E-state index is 3.93. The van der Waals surface area contributed by atoms with Crippen molar-refractivity contribution in [3.63, 3.8) is 0 Å². The van der Waals surface area contributed by atoms with Gasteiger partial charge >= 0.3 is 0 Å². The zero-order valence-electron chi connectivity index (χ0n) is 7.96. The van der Waals surface area contributed by atoms with Crippen molar-refractivity contribution >= 4 is 5.57 Å². The molecule has 0 saturated heterocycles. The Hall–Kier alpha value is -1.56. The Labute approximate surface area is 79.9 Å². The third-order valence-electron chi connectivity index (χ3n) is 1.83. The first-order valence-corrected chi connectivity index (χ1v) is 4.29. The predicted octanol–water partition coefficient (Wildman–Crippen LogP) is 3.83. The number of rotatable bonds is 3. The minimum absolute atomic E-state index is 1.06. The van der Waals surface area contributed by atoms with Crippen LogP contribution in [0.3, 0.4) is 0 Å². The lowest BCUT2D eigenvalue weighted by molar-refractivity contribution is 1.51. The van der Waals surface area contributed by atoms with Gasteiger partial charge in [-0.05, 0) is 18.1 Å². The average Bonchev–Trinajstić information content (AvgIpc) is 2.15. The van der Waals surface area contributed by atoms with Crippen LogP contribution in [0.4, 0.5) is 0 Å². The smallest absolute Gasteiger partial charge is 0.0161 e. The number of benzene rings is 1. The second-order valence-electron chi connectivity index (χ2n) is 2.96. The molecule has 0 radical (unpaired) electrons. The molecule has 1 aromatic rings. The third kappa shape index (κ3) is 2.45. The van der Waals surface area contributed by atoms with Gasteiger partial charge in [0.05, 0.1) is 0 Å². The topological polar surface area (TPSA) is 0 Å². The van der Waals surface area contributed by atoms with Crippen LogP contribution in [0.25, 0.3) is 5.57 Å². The summed E-state index contributed by atoms with van der Waals surface area (Å²) in [5.74, 6) is 0. The highest BCUT2D eigenvalue weighted by Gasteiger charge is 1.98. The summed E-state index contributed by atoms with van der Waals surface area (Å²) in [6.45, 7) is 9.63. The van der Waals surface area contributed by atoms with Crippen molar-refractivity contribution in [1.29, 1.82) is 0 Å². The molecule has 0 aliphatic rings. The minimum Gasteiger partial charge on any atom is -0.0990 e. The van der Waals surface area contributed by atoms with Crippen molar-refractivity contribution < 1.29 is 0 Å². The van der Waals surface area contributed by atoms with Gasteiger partial charge < -0.3 is 0 Å². The molecule has 66 valence electrons. The minimum atomic E-state index is 1.06. The normalized spacial score (nSPS) is 11.0. The maximum Gasteiger partial charge on any atom is -0.0161 e. The molecule has 1 aromatic carbocycles. The fraction of sp³-hybridized carbons (Fsp3) is 0.0769. The van der Waals surface area contributed by atoms with Gasteiger partial charge in [0.2, 0.25) is 0 Å². The summed E-state index contributed by atoms with van der Waals surface area (Å²) in [6, 6.07) is 10.2. The van der Waals surface area contributed by atoms with E-state index in [-0.39, 0.29) is 0 Å².